The zero-order valence-electron chi connectivity index (χ0n) is 9.25. The van der Waals surface area contributed by atoms with Crippen molar-refractivity contribution in [2.45, 2.75) is 9.79 Å². The van der Waals surface area contributed by atoms with E-state index in [9.17, 15) is 4.39 Å². The first kappa shape index (κ1) is 12.4. The highest BCUT2D eigenvalue weighted by atomic mass is 32.2. The third kappa shape index (κ3) is 2.60. The second kappa shape index (κ2) is 5.50. The molecule has 1 heterocycles. The molecule has 0 aliphatic carbocycles. The van der Waals surface area contributed by atoms with E-state index in [4.69, 9.17) is 10.9 Å². The molecule has 1 aromatic carbocycles. The average molecular weight is 263 g/mol. The van der Waals surface area contributed by atoms with Crippen LogP contribution < -0.4 is 5.73 Å². The summed E-state index contributed by atoms with van der Waals surface area (Å²) in [5, 5.41) is 11.5. The molecule has 0 unspecified atom stereocenters. The lowest BCUT2D eigenvalue weighted by Gasteiger charge is -2.08. The monoisotopic (exact) mass is 263 g/mol. The second-order valence-corrected chi connectivity index (χ2v) is 4.50. The first-order valence-electron chi connectivity index (χ1n) is 5.06. The van der Waals surface area contributed by atoms with Crippen LogP contribution in [0.2, 0.25) is 0 Å². The molecule has 3 N–H and O–H groups in total. The molecule has 2 rings (SSSR count). The van der Waals surface area contributed by atoms with E-state index in [2.05, 4.69) is 10.1 Å². The number of hydrogen-bond acceptors (Lipinski definition) is 4. The van der Waals surface area contributed by atoms with Crippen LogP contribution in [0, 0.1) is 5.82 Å². The van der Waals surface area contributed by atoms with Gasteiger partial charge in [-0.25, -0.2) is 4.39 Å². The molecule has 4 nitrogen and oxygen atoms in total. The fraction of sp³-hybridized carbons (Fsp3) is 0. The summed E-state index contributed by atoms with van der Waals surface area (Å²) in [7, 11) is 0. The van der Waals surface area contributed by atoms with Crippen molar-refractivity contribution in [2.24, 2.45) is 10.9 Å². The lowest BCUT2D eigenvalue weighted by atomic mass is 10.2. The Bertz CT molecular complexity index is 575. The van der Waals surface area contributed by atoms with Crippen LogP contribution in [0.15, 0.2) is 57.7 Å². The Kier molecular flexibility index (Phi) is 3.78. The average Bonchev–Trinajstić information content (AvgIpc) is 2.39. The van der Waals surface area contributed by atoms with Crippen LogP contribution in [0.4, 0.5) is 4.39 Å². The standard InChI is InChI=1S/C12H10FN3OS/c13-9-2-1-3-10(11(9)12(14)16-17)18-8-4-6-15-7-5-8/h1-7,17H,(H2,14,16). The van der Waals surface area contributed by atoms with Crippen LogP contribution in [0.3, 0.4) is 0 Å². The van der Waals surface area contributed by atoms with E-state index in [1.54, 1.807) is 36.7 Å². The third-order valence-corrected chi connectivity index (χ3v) is 3.28. The highest BCUT2D eigenvalue weighted by molar-refractivity contribution is 7.99. The number of nitrogens with zero attached hydrogens (tertiary/aromatic N) is 2. The molecule has 0 saturated heterocycles. The van der Waals surface area contributed by atoms with Gasteiger partial charge >= 0.3 is 0 Å². The summed E-state index contributed by atoms with van der Waals surface area (Å²) in [6, 6.07) is 8.15. The summed E-state index contributed by atoms with van der Waals surface area (Å²) in [5.41, 5.74) is 5.58. The number of amidine groups is 1. The summed E-state index contributed by atoms with van der Waals surface area (Å²) in [6.45, 7) is 0. The maximum Gasteiger partial charge on any atom is 0.174 e. The Morgan fingerprint density at radius 3 is 2.67 bits per heavy atom. The van der Waals surface area contributed by atoms with Crippen LogP contribution in [0.5, 0.6) is 0 Å². The van der Waals surface area contributed by atoms with E-state index in [1.807, 2.05) is 0 Å². The highest BCUT2D eigenvalue weighted by Crippen LogP contribution is 2.31. The number of aromatic nitrogens is 1. The molecule has 0 atom stereocenters. The number of pyridine rings is 1. The molecule has 0 aliphatic heterocycles. The van der Waals surface area contributed by atoms with Crippen LogP contribution in [-0.2, 0) is 0 Å². The molecule has 92 valence electrons. The Morgan fingerprint density at radius 1 is 1.28 bits per heavy atom. The van der Waals surface area contributed by atoms with E-state index in [0.29, 0.717) is 4.90 Å². The number of halogens is 1. The maximum absolute atomic E-state index is 13.7. The fourth-order valence-corrected chi connectivity index (χ4v) is 2.38. The van der Waals surface area contributed by atoms with Crippen molar-refractivity contribution in [1.82, 2.24) is 4.98 Å². The Hall–Kier alpha value is -2.08. The van der Waals surface area contributed by atoms with Gasteiger partial charge in [0.1, 0.15) is 5.82 Å². The van der Waals surface area contributed by atoms with Crippen molar-refractivity contribution in [3.63, 3.8) is 0 Å². The molecule has 1 aromatic heterocycles. The van der Waals surface area contributed by atoms with E-state index < -0.39 is 5.82 Å². The smallest absolute Gasteiger partial charge is 0.174 e. The van der Waals surface area contributed by atoms with Crippen molar-refractivity contribution in [3.05, 3.63) is 54.1 Å². The normalized spacial score (nSPS) is 11.5. The molecule has 0 spiro atoms. The predicted molar refractivity (Wildman–Crippen MR) is 67.3 cm³/mol. The highest BCUT2D eigenvalue weighted by Gasteiger charge is 2.13. The zero-order valence-corrected chi connectivity index (χ0v) is 10.1. The minimum Gasteiger partial charge on any atom is -0.409 e. The molecule has 0 amide bonds. The van der Waals surface area contributed by atoms with Gasteiger partial charge in [0, 0.05) is 22.2 Å². The minimum absolute atomic E-state index is 0.0989. The van der Waals surface area contributed by atoms with Crippen molar-refractivity contribution in [2.75, 3.05) is 0 Å². The van der Waals surface area contributed by atoms with Gasteiger partial charge in [-0.3, -0.25) is 4.98 Å². The van der Waals surface area contributed by atoms with Crippen molar-refractivity contribution in [1.29, 1.82) is 0 Å². The molecular formula is C12H10FN3OS. The zero-order chi connectivity index (χ0) is 13.0. The van der Waals surface area contributed by atoms with Gasteiger partial charge in [-0.05, 0) is 24.3 Å². The topological polar surface area (TPSA) is 71.5 Å². The first-order chi connectivity index (χ1) is 8.72. The van der Waals surface area contributed by atoms with Gasteiger partial charge in [-0.1, -0.05) is 23.0 Å². The number of nitrogens with two attached hydrogens (primary N) is 1. The van der Waals surface area contributed by atoms with Crippen molar-refractivity contribution < 1.29 is 9.60 Å². The minimum atomic E-state index is -0.524. The maximum atomic E-state index is 13.7. The van der Waals surface area contributed by atoms with Crippen LogP contribution in [-0.4, -0.2) is 16.0 Å². The van der Waals surface area contributed by atoms with Crippen LogP contribution in [0.25, 0.3) is 0 Å². The lowest BCUT2D eigenvalue weighted by molar-refractivity contribution is 0.318. The van der Waals surface area contributed by atoms with Gasteiger partial charge in [0.2, 0.25) is 0 Å². The van der Waals surface area contributed by atoms with Crippen LogP contribution in [0.1, 0.15) is 5.56 Å². The van der Waals surface area contributed by atoms with Crippen molar-refractivity contribution in [3.8, 4) is 0 Å². The number of hydrogen-bond donors (Lipinski definition) is 2. The summed E-state index contributed by atoms with van der Waals surface area (Å²) >= 11 is 1.32. The summed E-state index contributed by atoms with van der Waals surface area (Å²) in [6.07, 6.45) is 3.29. The molecule has 0 radical (unpaired) electrons. The van der Waals surface area contributed by atoms with Crippen LogP contribution >= 0.6 is 11.8 Å². The fourth-order valence-electron chi connectivity index (χ4n) is 1.42. The predicted octanol–water partition coefficient (Wildman–Crippen LogP) is 2.47. The molecule has 2 aromatic rings. The van der Waals surface area contributed by atoms with E-state index in [1.165, 1.54) is 17.8 Å². The Balaban J connectivity index is 2.42. The molecule has 0 saturated carbocycles. The molecule has 18 heavy (non-hydrogen) atoms. The Labute approximate surface area is 107 Å². The van der Waals surface area contributed by atoms with Gasteiger partial charge in [-0.2, -0.15) is 0 Å². The van der Waals surface area contributed by atoms with Gasteiger partial charge in [-0.15, -0.1) is 0 Å². The first-order valence-corrected chi connectivity index (χ1v) is 5.88. The van der Waals surface area contributed by atoms with Gasteiger partial charge in [0.25, 0.3) is 0 Å². The number of oxime groups is 1. The molecule has 0 fully saturated rings. The molecule has 0 bridgehead atoms. The quantitative estimate of drug-likeness (QED) is 0.386. The SMILES string of the molecule is NC(=NO)c1c(F)cccc1Sc1ccncc1. The Morgan fingerprint density at radius 2 is 2.00 bits per heavy atom. The lowest BCUT2D eigenvalue weighted by Crippen LogP contribution is -2.16. The van der Waals surface area contributed by atoms with Gasteiger partial charge in [0.15, 0.2) is 5.84 Å². The van der Waals surface area contributed by atoms with E-state index >= 15 is 0 Å². The largest absolute Gasteiger partial charge is 0.409 e. The van der Waals surface area contributed by atoms with Gasteiger partial charge < -0.3 is 10.9 Å². The third-order valence-electron chi connectivity index (χ3n) is 2.22. The summed E-state index contributed by atoms with van der Waals surface area (Å²) in [4.78, 5) is 5.37. The van der Waals surface area contributed by atoms with E-state index in [-0.39, 0.29) is 11.4 Å². The number of rotatable bonds is 3. The van der Waals surface area contributed by atoms with E-state index in [0.717, 1.165) is 4.90 Å². The summed E-state index contributed by atoms with van der Waals surface area (Å²) < 4.78 is 13.7. The van der Waals surface area contributed by atoms with Gasteiger partial charge in [0.05, 0.1) is 5.56 Å². The molecule has 6 heteroatoms. The molecular weight excluding hydrogens is 253 g/mol. The van der Waals surface area contributed by atoms with Crippen molar-refractivity contribution >= 4 is 17.6 Å². The molecule has 0 aliphatic rings. The second-order valence-electron chi connectivity index (χ2n) is 3.38. The summed E-state index contributed by atoms with van der Waals surface area (Å²) in [5.74, 6) is -0.769. The number of benzene rings is 1.